The van der Waals surface area contributed by atoms with E-state index in [-0.39, 0.29) is 34.7 Å². The van der Waals surface area contributed by atoms with Gasteiger partial charge in [-0.25, -0.2) is 0 Å². The highest BCUT2D eigenvalue weighted by Crippen LogP contribution is 2.42. The molecule has 8 rings (SSSR count). The monoisotopic (exact) mass is 830 g/mol. The number of hydrogen-bond donors (Lipinski definition) is 4. The summed E-state index contributed by atoms with van der Waals surface area (Å²) in [5.74, 6) is -0.289. The average Bonchev–Trinajstić information content (AvgIpc) is 4.15. The van der Waals surface area contributed by atoms with E-state index >= 15 is 0 Å². The Kier molecular flexibility index (Phi) is 10.9. The molecule has 2 heterocycles. The number of carbonyl (C=O) groups is 2. The molecule has 2 fully saturated rings. The summed E-state index contributed by atoms with van der Waals surface area (Å²) in [6.45, 7) is 5.12. The number of rotatable bonds is 8. The highest BCUT2D eigenvalue weighted by atomic mass is 19.4. The van der Waals surface area contributed by atoms with Gasteiger partial charge < -0.3 is 20.8 Å². The largest absolute Gasteiger partial charge is 0.422 e. The molecule has 2 atom stereocenters. The maximum absolute atomic E-state index is 13.3. The van der Waals surface area contributed by atoms with Gasteiger partial charge in [0.1, 0.15) is 11.4 Å². The summed E-state index contributed by atoms with van der Waals surface area (Å²) in [6, 6.07) is 20.9. The first kappa shape index (κ1) is 42.1. The first-order valence-corrected chi connectivity index (χ1v) is 19.1. The van der Waals surface area contributed by atoms with Crippen molar-refractivity contribution < 1.29 is 46.1 Å². The number of nitrogens with zero attached hydrogens (tertiary/aromatic N) is 4. The number of amides is 2. The van der Waals surface area contributed by atoms with Crippen molar-refractivity contribution in [2.24, 2.45) is 0 Å². The van der Waals surface area contributed by atoms with E-state index < -0.39 is 34.9 Å². The molecule has 0 unspecified atom stereocenters. The molecular formula is C44H40F6N6O4. The first-order valence-electron chi connectivity index (χ1n) is 19.1. The second-order valence-electron chi connectivity index (χ2n) is 15.7. The molecule has 0 bridgehead atoms. The quantitative estimate of drug-likeness (QED) is 0.112. The Morgan fingerprint density at radius 2 is 0.950 bits per heavy atom. The SMILES string of the molecule is Cc1ccc(C(=O)NC2CC2)cc1-c1ccc2c([C@@](C)(O)C(F)(F)F)nncc2c1.Cc1ccc(C(=O)NC2CC2)cc1-c1ccc2c([C@](C)(O)C(F)(F)F)nncc2c1. The van der Waals surface area contributed by atoms with Gasteiger partial charge in [0.25, 0.3) is 11.8 Å². The van der Waals surface area contributed by atoms with Crippen LogP contribution in [0.5, 0.6) is 0 Å². The van der Waals surface area contributed by atoms with Crippen LogP contribution in [0.2, 0.25) is 0 Å². The fraction of sp³-hybridized carbons (Fsp3) is 0.318. The summed E-state index contributed by atoms with van der Waals surface area (Å²) >= 11 is 0. The lowest BCUT2D eigenvalue weighted by Gasteiger charge is -2.26. The maximum Gasteiger partial charge on any atom is 0.422 e. The molecule has 10 nitrogen and oxygen atoms in total. The summed E-state index contributed by atoms with van der Waals surface area (Å²) in [5.41, 5.74) is -1.42. The minimum absolute atomic E-state index is 0.145. The van der Waals surface area contributed by atoms with E-state index in [1.807, 2.05) is 26.0 Å². The van der Waals surface area contributed by atoms with Crippen molar-refractivity contribution in [3.8, 4) is 22.3 Å². The van der Waals surface area contributed by atoms with Crippen LogP contribution in [0.15, 0.2) is 85.2 Å². The van der Waals surface area contributed by atoms with Crippen LogP contribution >= 0.6 is 0 Å². The topological polar surface area (TPSA) is 150 Å². The van der Waals surface area contributed by atoms with Gasteiger partial charge in [0.15, 0.2) is 0 Å². The number of halogens is 6. The zero-order valence-electron chi connectivity index (χ0n) is 32.8. The van der Waals surface area contributed by atoms with E-state index in [0.29, 0.717) is 35.7 Å². The van der Waals surface area contributed by atoms with Crippen LogP contribution in [-0.4, -0.2) is 66.9 Å². The van der Waals surface area contributed by atoms with Crippen LogP contribution in [0, 0.1) is 13.8 Å². The Morgan fingerprint density at radius 1 is 0.583 bits per heavy atom. The molecule has 60 heavy (non-hydrogen) atoms. The van der Waals surface area contributed by atoms with E-state index in [1.54, 1.807) is 48.5 Å². The Hall–Kier alpha value is -6.00. The van der Waals surface area contributed by atoms with Crippen molar-refractivity contribution in [3.05, 3.63) is 119 Å². The Bertz CT molecular complexity index is 2460. The van der Waals surface area contributed by atoms with Crippen LogP contribution in [0.4, 0.5) is 26.3 Å². The third kappa shape index (κ3) is 8.52. The fourth-order valence-electron chi connectivity index (χ4n) is 6.64. The van der Waals surface area contributed by atoms with Crippen LogP contribution in [-0.2, 0) is 11.2 Å². The van der Waals surface area contributed by atoms with Crippen molar-refractivity contribution >= 4 is 33.4 Å². The number of nitrogens with one attached hydrogen (secondary N) is 2. The Balaban J connectivity index is 0.000000181. The minimum atomic E-state index is -4.89. The molecule has 2 aliphatic rings. The summed E-state index contributed by atoms with van der Waals surface area (Å²) in [6.07, 6.45) is -3.13. The van der Waals surface area contributed by atoms with E-state index in [2.05, 4.69) is 31.0 Å². The van der Waals surface area contributed by atoms with Crippen molar-refractivity contribution in [1.29, 1.82) is 0 Å². The summed E-state index contributed by atoms with van der Waals surface area (Å²) in [4.78, 5) is 24.8. The molecule has 2 saturated carbocycles. The number of fused-ring (bicyclic) bond motifs is 2. The number of hydrogen-bond acceptors (Lipinski definition) is 8. The maximum atomic E-state index is 13.3. The fourth-order valence-corrected chi connectivity index (χ4v) is 6.64. The minimum Gasteiger partial charge on any atom is -0.375 e. The molecule has 6 aromatic rings. The van der Waals surface area contributed by atoms with Crippen molar-refractivity contribution in [1.82, 2.24) is 31.0 Å². The highest BCUT2D eigenvalue weighted by molar-refractivity contribution is 5.98. The molecule has 0 spiro atoms. The van der Waals surface area contributed by atoms with Crippen LogP contribution < -0.4 is 10.6 Å². The number of aliphatic hydroxyl groups is 2. The molecule has 2 aromatic heterocycles. The van der Waals surface area contributed by atoms with E-state index in [0.717, 1.165) is 59.1 Å². The molecule has 2 amide bonds. The van der Waals surface area contributed by atoms with E-state index in [4.69, 9.17) is 0 Å². The number of aromatic nitrogens is 4. The van der Waals surface area contributed by atoms with Gasteiger partial charge in [-0.15, -0.1) is 0 Å². The van der Waals surface area contributed by atoms with Crippen molar-refractivity contribution in [3.63, 3.8) is 0 Å². The van der Waals surface area contributed by atoms with Crippen LogP contribution in [0.1, 0.15) is 82.8 Å². The van der Waals surface area contributed by atoms with Gasteiger partial charge in [0.2, 0.25) is 11.2 Å². The smallest absolute Gasteiger partial charge is 0.375 e. The van der Waals surface area contributed by atoms with Gasteiger partial charge in [0.05, 0.1) is 12.4 Å². The molecule has 0 radical (unpaired) electrons. The van der Waals surface area contributed by atoms with E-state index in [9.17, 15) is 46.1 Å². The summed E-state index contributed by atoms with van der Waals surface area (Å²) < 4.78 is 79.8. The van der Waals surface area contributed by atoms with Gasteiger partial charge in [-0.3, -0.25) is 9.59 Å². The predicted molar refractivity (Wildman–Crippen MR) is 212 cm³/mol. The lowest BCUT2D eigenvalue weighted by atomic mass is 9.93. The van der Waals surface area contributed by atoms with Gasteiger partial charge in [0, 0.05) is 44.8 Å². The number of alkyl halides is 6. The molecular weight excluding hydrogens is 791 g/mol. The number of carbonyl (C=O) groups excluding carboxylic acids is 2. The zero-order chi connectivity index (χ0) is 43.4. The molecule has 4 N–H and O–H groups in total. The van der Waals surface area contributed by atoms with E-state index in [1.165, 1.54) is 24.5 Å². The van der Waals surface area contributed by atoms with Gasteiger partial charge in [-0.05, 0) is 123 Å². The summed E-state index contributed by atoms with van der Waals surface area (Å²) in [5, 5.41) is 41.6. The first-order chi connectivity index (χ1) is 28.2. The lowest BCUT2D eigenvalue weighted by Crippen LogP contribution is -2.40. The Labute approximate surface area is 340 Å². The second kappa shape index (κ2) is 15.6. The van der Waals surface area contributed by atoms with Gasteiger partial charge in [-0.1, -0.05) is 36.4 Å². The second-order valence-corrected chi connectivity index (χ2v) is 15.7. The van der Waals surface area contributed by atoms with Crippen LogP contribution in [0.25, 0.3) is 43.8 Å². The lowest BCUT2D eigenvalue weighted by molar-refractivity contribution is -0.260. The predicted octanol–water partition coefficient (Wildman–Crippen LogP) is 8.53. The molecule has 2 aliphatic carbocycles. The number of benzene rings is 4. The summed E-state index contributed by atoms with van der Waals surface area (Å²) in [7, 11) is 0. The molecule has 0 aliphatic heterocycles. The van der Waals surface area contributed by atoms with Crippen LogP contribution in [0.3, 0.4) is 0 Å². The third-order valence-corrected chi connectivity index (χ3v) is 10.8. The van der Waals surface area contributed by atoms with Gasteiger partial charge in [-0.2, -0.15) is 46.7 Å². The third-order valence-electron chi connectivity index (χ3n) is 10.8. The Morgan fingerprint density at radius 3 is 1.28 bits per heavy atom. The standard InChI is InChI=1S/2C22H20F3N3O2/c2*1-12-3-4-14(20(29)27-16-6-7-16)10-18(12)13-5-8-17-15(9-13)11-26-28-19(17)21(2,30)22(23,24)25/h2*3-5,8-11,16,30H,6-7H2,1-2H3,(H,27,29)/t2*21-/m10/s1. The zero-order valence-corrected chi connectivity index (χ0v) is 32.8. The van der Waals surface area contributed by atoms with Crippen molar-refractivity contribution in [2.75, 3.05) is 0 Å². The molecule has 0 saturated heterocycles. The average molecular weight is 831 g/mol. The van der Waals surface area contributed by atoms with Gasteiger partial charge >= 0.3 is 12.4 Å². The highest BCUT2D eigenvalue weighted by Gasteiger charge is 2.54. The van der Waals surface area contributed by atoms with Crippen molar-refractivity contribution in [2.45, 2.75) is 89.0 Å². The normalized spacial score (nSPS) is 16.3. The molecule has 16 heteroatoms. The number of aryl methyl sites for hydroxylation is 2. The molecule has 4 aromatic carbocycles. The molecule has 312 valence electrons.